The van der Waals surface area contributed by atoms with Crippen molar-refractivity contribution in [2.24, 2.45) is 0 Å². The molecular weight excluding hydrogens is 266 g/mol. The average molecular weight is 291 g/mol. The normalized spacial score (nSPS) is 19.9. The monoisotopic (exact) mass is 291 g/mol. The van der Waals surface area contributed by atoms with Crippen LogP contribution < -0.4 is 5.32 Å². The maximum atomic E-state index is 12.3. The van der Waals surface area contributed by atoms with E-state index < -0.39 is 10.0 Å². The molecule has 112 valence electrons. The van der Waals surface area contributed by atoms with Crippen LogP contribution in [0.15, 0.2) is 0 Å². The molecule has 1 rings (SSSR count). The van der Waals surface area contributed by atoms with Crippen LogP contribution in [-0.2, 0) is 14.8 Å². The van der Waals surface area contributed by atoms with Crippen molar-refractivity contribution in [3.63, 3.8) is 0 Å². The molecule has 1 amide bonds. The largest absolute Gasteiger partial charge is 0.337 e. The van der Waals surface area contributed by atoms with Gasteiger partial charge in [0.15, 0.2) is 0 Å². The zero-order valence-electron chi connectivity index (χ0n) is 12.1. The molecule has 0 aromatic heterocycles. The van der Waals surface area contributed by atoms with Gasteiger partial charge < -0.3 is 10.2 Å². The second-order valence-electron chi connectivity index (χ2n) is 4.89. The van der Waals surface area contributed by atoms with Gasteiger partial charge in [-0.25, -0.2) is 8.42 Å². The summed E-state index contributed by atoms with van der Waals surface area (Å²) in [6.07, 6.45) is 1.82. The molecule has 1 atom stereocenters. The first-order chi connectivity index (χ1) is 8.92. The Labute approximate surface area is 116 Å². The van der Waals surface area contributed by atoms with Crippen LogP contribution in [0.2, 0.25) is 0 Å². The van der Waals surface area contributed by atoms with Gasteiger partial charge in [-0.2, -0.15) is 4.31 Å². The highest BCUT2D eigenvalue weighted by Gasteiger charge is 2.28. The molecule has 0 aromatic carbocycles. The standard InChI is InChI=1S/C12H25N3O3S/c1-4-8-15(11-6-7-13-9-11)12(16)10-14(3)19(17,18)5-2/h11,13H,4-10H2,1-3H3. The Morgan fingerprint density at radius 1 is 1.37 bits per heavy atom. The maximum absolute atomic E-state index is 12.3. The van der Waals surface area contributed by atoms with E-state index in [4.69, 9.17) is 0 Å². The Balaban J connectivity index is 2.66. The molecule has 1 fully saturated rings. The highest BCUT2D eigenvalue weighted by atomic mass is 32.2. The minimum absolute atomic E-state index is 0.0234. The number of amides is 1. The van der Waals surface area contributed by atoms with Gasteiger partial charge in [0, 0.05) is 26.2 Å². The molecule has 1 heterocycles. The summed E-state index contributed by atoms with van der Waals surface area (Å²) in [6, 6.07) is 0.199. The van der Waals surface area contributed by atoms with Crippen molar-refractivity contribution in [1.82, 2.24) is 14.5 Å². The molecule has 0 aromatic rings. The number of sulfonamides is 1. The fraction of sp³-hybridized carbons (Fsp3) is 0.917. The number of nitrogens with zero attached hydrogens (tertiary/aromatic N) is 2. The number of rotatable bonds is 7. The second kappa shape index (κ2) is 7.21. The lowest BCUT2D eigenvalue weighted by Crippen LogP contribution is -2.47. The minimum Gasteiger partial charge on any atom is -0.337 e. The number of carbonyl (C=O) groups is 1. The van der Waals surface area contributed by atoms with Crippen molar-refractivity contribution in [3.8, 4) is 0 Å². The lowest BCUT2D eigenvalue weighted by Gasteiger charge is -2.29. The third-order valence-electron chi connectivity index (χ3n) is 3.46. The van der Waals surface area contributed by atoms with Crippen LogP contribution in [0, 0.1) is 0 Å². The zero-order valence-corrected chi connectivity index (χ0v) is 12.9. The number of hydrogen-bond acceptors (Lipinski definition) is 4. The SMILES string of the molecule is CCCN(C(=O)CN(C)S(=O)(=O)CC)C1CCNC1. The molecule has 1 N–H and O–H groups in total. The van der Waals surface area contributed by atoms with Gasteiger partial charge in [0.05, 0.1) is 12.3 Å². The lowest BCUT2D eigenvalue weighted by atomic mass is 10.2. The van der Waals surface area contributed by atoms with E-state index >= 15 is 0 Å². The Hall–Kier alpha value is -0.660. The molecule has 0 bridgehead atoms. The van der Waals surface area contributed by atoms with Crippen LogP contribution in [0.25, 0.3) is 0 Å². The third-order valence-corrected chi connectivity index (χ3v) is 5.27. The second-order valence-corrected chi connectivity index (χ2v) is 7.25. The zero-order chi connectivity index (χ0) is 14.5. The van der Waals surface area contributed by atoms with E-state index in [9.17, 15) is 13.2 Å². The summed E-state index contributed by atoms with van der Waals surface area (Å²) in [4.78, 5) is 14.1. The molecule has 7 heteroatoms. The number of carbonyl (C=O) groups excluding carboxylic acids is 1. The summed E-state index contributed by atoms with van der Waals surface area (Å²) in [6.45, 7) is 5.95. The number of nitrogens with one attached hydrogen (secondary N) is 1. The number of likely N-dealkylation sites (N-methyl/N-ethyl adjacent to an activating group) is 1. The molecular formula is C12H25N3O3S. The van der Waals surface area contributed by atoms with Gasteiger partial charge in [0.2, 0.25) is 15.9 Å². The van der Waals surface area contributed by atoms with E-state index in [0.717, 1.165) is 30.2 Å². The van der Waals surface area contributed by atoms with Crippen LogP contribution in [0.5, 0.6) is 0 Å². The summed E-state index contributed by atoms with van der Waals surface area (Å²) < 4.78 is 24.5. The van der Waals surface area contributed by atoms with Gasteiger partial charge in [0.1, 0.15) is 0 Å². The molecule has 1 saturated heterocycles. The predicted octanol–water partition coefficient (Wildman–Crippen LogP) is -0.132. The molecule has 1 unspecified atom stereocenters. The fourth-order valence-electron chi connectivity index (χ4n) is 2.26. The lowest BCUT2D eigenvalue weighted by molar-refractivity contribution is -0.133. The van der Waals surface area contributed by atoms with Crippen LogP contribution >= 0.6 is 0 Å². The minimum atomic E-state index is -3.30. The highest BCUT2D eigenvalue weighted by molar-refractivity contribution is 7.89. The van der Waals surface area contributed by atoms with Crippen molar-refractivity contribution in [1.29, 1.82) is 0 Å². The Morgan fingerprint density at radius 2 is 2.05 bits per heavy atom. The van der Waals surface area contributed by atoms with Crippen LogP contribution in [0.4, 0.5) is 0 Å². The van der Waals surface area contributed by atoms with E-state index in [1.165, 1.54) is 7.05 Å². The van der Waals surface area contributed by atoms with Crippen molar-refractivity contribution < 1.29 is 13.2 Å². The fourth-order valence-corrected chi connectivity index (χ4v) is 3.01. The first-order valence-electron chi connectivity index (χ1n) is 6.86. The Morgan fingerprint density at radius 3 is 2.53 bits per heavy atom. The molecule has 1 aliphatic heterocycles. The predicted molar refractivity (Wildman–Crippen MR) is 75.4 cm³/mol. The van der Waals surface area contributed by atoms with Gasteiger partial charge >= 0.3 is 0 Å². The summed E-state index contributed by atoms with van der Waals surface area (Å²) in [5.41, 5.74) is 0. The molecule has 0 spiro atoms. The van der Waals surface area contributed by atoms with E-state index in [1.54, 1.807) is 6.92 Å². The quantitative estimate of drug-likeness (QED) is 0.709. The van der Waals surface area contributed by atoms with Gasteiger partial charge in [-0.3, -0.25) is 4.79 Å². The Bertz CT molecular complexity index is 391. The van der Waals surface area contributed by atoms with Gasteiger partial charge in [-0.15, -0.1) is 0 Å². The average Bonchev–Trinajstić information content (AvgIpc) is 2.89. The summed E-state index contributed by atoms with van der Waals surface area (Å²) >= 11 is 0. The van der Waals surface area contributed by atoms with Crippen LogP contribution in [0.1, 0.15) is 26.7 Å². The summed E-state index contributed by atoms with van der Waals surface area (Å²) in [7, 11) is -1.83. The van der Waals surface area contributed by atoms with Gasteiger partial charge in [0.25, 0.3) is 0 Å². The van der Waals surface area contributed by atoms with Crippen molar-refractivity contribution >= 4 is 15.9 Å². The van der Waals surface area contributed by atoms with Crippen molar-refractivity contribution in [3.05, 3.63) is 0 Å². The summed E-state index contributed by atoms with van der Waals surface area (Å²) in [5, 5.41) is 3.24. The molecule has 6 nitrogen and oxygen atoms in total. The molecule has 0 saturated carbocycles. The third kappa shape index (κ3) is 4.43. The van der Waals surface area contributed by atoms with E-state index in [-0.39, 0.29) is 24.2 Å². The van der Waals surface area contributed by atoms with Gasteiger partial charge in [-0.05, 0) is 26.3 Å². The van der Waals surface area contributed by atoms with Crippen LogP contribution in [0.3, 0.4) is 0 Å². The first kappa shape index (κ1) is 16.4. The molecule has 19 heavy (non-hydrogen) atoms. The molecule has 0 aliphatic carbocycles. The van der Waals surface area contributed by atoms with Gasteiger partial charge in [-0.1, -0.05) is 6.92 Å². The smallest absolute Gasteiger partial charge is 0.238 e. The molecule has 1 aliphatic rings. The first-order valence-corrected chi connectivity index (χ1v) is 8.47. The maximum Gasteiger partial charge on any atom is 0.238 e. The van der Waals surface area contributed by atoms with Crippen molar-refractivity contribution in [2.45, 2.75) is 32.7 Å². The summed E-state index contributed by atoms with van der Waals surface area (Å²) in [5.74, 6) is -0.0784. The van der Waals surface area contributed by atoms with Crippen molar-refractivity contribution in [2.75, 3.05) is 39.0 Å². The van der Waals surface area contributed by atoms with E-state index in [0.29, 0.717) is 6.54 Å². The topological polar surface area (TPSA) is 69.7 Å². The van der Waals surface area contributed by atoms with Crippen LogP contribution in [-0.4, -0.2) is 68.6 Å². The Kier molecular flexibility index (Phi) is 6.22. The highest BCUT2D eigenvalue weighted by Crippen LogP contribution is 2.11. The van der Waals surface area contributed by atoms with E-state index in [2.05, 4.69) is 5.32 Å². The molecule has 0 radical (unpaired) electrons. The van der Waals surface area contributed by atoms with E-state index in [1.807, 2.05) is 11.8 Å². The number of hydrogen-bond donors (Lipinski definition) is 1.